The zero-order valence-electron chi connectivity index (χ0n) is 15.6. The van der Waals surface area contributed by atoms with Gasteiger partial charge in [-0.2, -0.15) is 5.12 Å². The summed E-state index contributed by atoms with van der Waals surface area (Å²) >= 11 is 0. The van der Waals surface area contributed by atoms with Gasteiger partial charge in [-0.1, -0.05) is 26.0 Å². The number of nitrogens with zero attached hydrogens (tertiary/aromatic N) is 2. The minimum atomic E-state index is -0.860. The van der Waals surface area contributed by atoms with Crippen LogP contribution in [0.5, 0.6) is 5.75 Å². The molecule has 3 N–H and O–H groups in total. The fourth-order valence-electron chi connectivity index (χ4n) is 3.16. The third-order valence-corrected chi connectivity index (χ3v) is 4.43. The van der Waals surface area contributed by atoms with E-state index in [2.05, 4.69) is 29.7 Å². The van der Waals surface area contributed by atoms with Gasteiger partial charge in [-0.25, -0.2) is 4.98 Å². The second-order valence-electron chi connectivity index (χ2n) is 7.19. The highest BCUT2D eigenvalue weighted by molar-refractivity contribution is 5.83. The van der Waals surface area contributed by atoms with Crippen LogP contribution >= 0.6 is 0 Å². The molecule has 1 aliphatic rings. The minimum absolute atomic E-state index is 0.315. The first-order valence-electron chi connectivity index (χ1n) is 8.47. The molecule has 2 aromatic rings. The highest BCUT2D eigenvalue weighted by atomic mass is 16.5. The first-order chi connectivity index (χ1) is 11.7. The number of hydrogen-bond acceptors (Lipinski definition) is 6. The van der Waals surface area contributed by atoms with E-state index in [0.717, 1.165) is 39.8 Å². The molecular weight excluding hydrogens is 316 g/mol. The Morgan fingerprint density at radius 2 is 1.80 bits per heavy atom. The number of hydrazine groups is 2. The van der Waals surface area contributed by atoms with Gasteiger partial charge in [0, 0.05) is 11.3 Å². The summed E-state index contributed by atoms with van der Waals surface area (Å²) in [6.45, 7) is 9.81. The lowest BCUT2D eigenvalue weighted by atomic mass is 9.98. The van der Waals surface area contributed by atoms with Crippen LogP contribution in [0.4, 0.5) is 17.2 Å². The lowest BCUT2D eigenvalue weighted by Gasteiger charge is -2.21. The monoisotopic (exact) mass is 342 g/mol. The van der Waals surface area contributed by atoms with Crippen molar-refractivity contribution in [1.82, 2.24) is 4.98 Å². The Hall–Kier alpha value is -2.47. The Kier molecular flexibility index (Phi) is 4.24. The van der Waals surface area contributed by atoms with Crippen LogP contribution in [0.3, 0.4) is 0 Å². The predicted octanol–water partition coefficient (Wildman–Crippen LogP) is 3.92. The van der Waals surface area contributed by atoms with Gasteiger partial charge in [0.25, 0.3) is 0 Å². The summed E-state index contributed by atoms with van der Waals surface area (Å²) < 4.78 is 5.68. The van der Waals surface area contributed by atoms with Crippen molar-refractivity contribution in [2.75, 3.05) is 23.1 Å². The standard InChI is InChI=1S/C19H26N4O2/c1-11(2)15-12(3)20-18-16(17(15)25-6)21-23(22-18)14-9-7-13(8-10-14)19(4,5)24/h7-11,21,24H,1-6H3,(H,20,22). The van der Waals surface area contributed by atoms with E-state index in [0.29, 0.717) is 5.92 Å². The van der Waals surface area contributed by atoms with Crippen LogP contribution < -0.4 is 20.7 Å². The van der Waals surface area contributed by atoms with Gasteiger partial charge in [0.05, 0.1) is 18.4 Å². The van der Waals surface area contributed by atoms with Crippen molar-refractivity contribution in [2.24, 2.45) is 0 Å². The Morgan fingerprint density at radius 1 is 1.16 bits per heavy atom. The number of methoxy groups -OCH3 is 1. The molecule has 0 amide bonds. The van der Waals surface area contributed by atoms with Gasteiger partial charge in [-0.3, -0.25) is 10.9 Å². The van der Waals surface area contributed by atoms with Crippen LogP contribution in [0, 0.1) is 6.92 Å². The summed E-state index contributed by atoms with van der Waals surface area (Å²) in [4.78, 5) is 4.68. The maximum absolute atomic E-state index is 10.1. The zero-order chi connectivity index (χ0) is 18.4. The van der Waals surface area contributed by atoms with Crippen molar-refractivity contribution in [2.45, 2.75) is 46.1 Å². The molecule has 0 saturated heterocycles. The first kappa shape index (κ1) is 17.4. The molecule has 25 heavy (non-hydrogen) atoms. The molecule has 2 heterocycles. The van der Waals surface area contributed by atoms with Crippen LogP contribution in [-0.2, 0) is 5.60 Å². The molecule has 1 aliphatic heterocycles. The molecule has 3 rings (SSSR count). The predicted molar refractivity (Wildman–Crippen MR) is 101 cm³/mol. The summed E-state index contributed by atoms with van der Waals surface area (Å²) in [5, 5.41) is 11.9. The molecule has 6 heteroatoms. The highest BCUT2D eigenvalue weighted by Gasteiger charge is 2.28. The second-order valence-corrected chi connectivity index (χ2v) is 7.19. The number of fused-ring (bicyclic) bond motifs is 1. The minimum Gasteiger partial charge on any atom is -0.494 e. The Balaban J connectivity index is 1.94. The molecule has 0 radical (unpaired) electrons. The highest BCUT2D eigenvalue weighted by Crippen LogP contribution is 2.43. The lowest BCUT2D eigenvalue weighted by molar-refractivity contribution is 0.0786. The van der Waals surface area contributed by atoms with Crippen molar-refractivity contribution in [3.05, 3.63) is 41.1 Å². The Bertz CT molecular complexity index is 779. The SMILES string of the molecule is COc1c2c(nc(C)c1C(C)C)NN(c1ccc(C(C)(C)O)cc1)N2. The average molecular weight is 342 g/mol. The van der Waals surface area contributed by atoms with E-state index in [4.69, 9.17) is 4.74 Å². The van der Waals surface area contributed by atoms with E-state index >= 15 is 0 Å². The smallest absolute Gasteiger partial charge is 0.175 e. The van der Waals surface area contributed by atoms with Gasteiger partial charge in [0.2, 0.25) is 0 Å². The van der Waals surface area contributed by atoms with Crippen LogP contribution in [0.25, 0.3) is 0 Å². The lowest BCUT2D eigenvalue weighted by Crippen LogP contribution is -2.29. The van der Waals surface area contributed by atoms with E-state index in [1.807, 2.05) is 31.2 Å². The van der Waals surface area contributed by atoms with Crippen molar-refractivity contribution in [3.63, 3.8) is 0 Å². The molecule has 6 nitrogen and oxygen atoms in total. The van der Waals surface area contributed by atoms with Crippen LogP contribution in [-0.4, -0.2) is 17.2 Å². The summed E-state index contributed by atoms with van der Waals surface area (Å²) in [5.74, 6) is 1.88. The number of hydrogen-bond donors (Lipinski definition) is 3. The van der Waals surface area contributed by atoms with Crippen molar-refractivity contribution < 1.29 is 9.84 Å². The molecule has 1 aromatic carbocycles. The van der Waals surface area contributed by atoms with Gasteiger partial charge in [-0.15, -0.1) is 0 Å². The summed E-state index contributed by atoms with van der Waals surface area (Å²) in [6.07, 6.45) is 0. The van der Waals surface area contributed by atoms with Crippen LogP contribution in [0.15, 0.2) is 24.3 Å². The maximum Gasteiger partial charge on any atom is 0.175 e. The third-order valence-electron chi connectivity index (χ3n) is 4.43. The van der Waals surface area contributed by atoms with Gasteiger partial charge in [0.15, 0.2) is 11.6 Å². The average Bonchev–Trinajstić information content (AvgIpc) is 2.96. The molecule has 0 spiro atoms. The molecule has 1 aromatic heterocycles. The third kappa shape index (κ3) is 3.09. The topological polar surface area (TPSA) is 69.7 Å². The fraction of sp³-hybridized carbons (Fsp3) is 0.421. The summed E-state index contributed by atoms with van der Waals surface area (Å²) in [5.41, 5.74) is 10.4. The van der Waals surface area contributed by atoms with E-state index in [-0.39, 0.29) is 0 Å². The van der Waals surface area contributed by atoms with Crippen molar-refractivity contribution in [1.29, 1.82) is 0 Å². The normalized spacial score (nSPS) is 13.5. The van der Waals surface area contributed by atoms with Crippen LogP contribution in [0.1, 0.15) is 50.4 Å². The van der Waals surface area contributed by atoms with Crippen LogP contribution in [0.2, 0.25) is 0 Å². The number of nitrogens with one attached hydrogen (secondary N) is 2. The number of benzene rings is 1. The van der Waals surface area contributed by atoms with Gasteiger partial charge in [0.1, 0.15) is 5.69 Å². The molecule has 0 unspecified atom stereocenters. The van der Waals surface area contributed by atoms with E-state index in [9.17, 15) is 5.11 Å². The number of pyridine rings is 1. The van der Waals surface area contributed by atoms with Crippen molar-refractivity contribution >= 4 is 17.2 Å². The van der Waals surface area contributed by atoms with E-state index in [1.165, 1.54) is 0 Å². The molecule has 0 bridgehead atoms. The molecule has 0 atom stereocenters. The number of anilines is 3. The number of rotatable bonds is 4. The van der Waals surface area contributed by atoms with Gasteiger partial charge < -0.3 is 9.84 Å². The summed E-state index contributed by atoms with van der Waals surface area (Å²) in [7, 11) is 1.68. The van der Waals surface area contributed by atoms with E-state index < -0.39 is 5.60 Å². The Labute approximate surface area is 148 Å². The quantitative estimate of drug-likeness (QED) is 0.782. The van der Waals surface area contributed by atoms with E-state index in [1.54, 1.807) is 26.1 Å². The molecule has 0 fully saturated rings. The molecule has 0 saturated carbocycles. The first-order valence-corrected chi connectivity index (χ1v) is 8.47. The number of aromatic nitrogens is 1. The molecule has 134 valence electrons. The Morgan fingerprint density at radius 3 is 2.32 bits per heavy atom. The number of aliphatic hydroxyl groups is 1. The molecule has 0 aliphatic carbocycles. The number of ether oxygens (including phenoxy) is 1. The van der Waals surface area contributed by atoms with Gasteiger partial charge >= 0.3 is 0 Å². The largest absolute Gasteiger partial charge is 0.494 e. The molecular formula is C19H26N4O2. The van der Waals surface area contributed by atoms with Crippen molar-refractivity contribution in [3.8, 4) is 5.75 Å². The number of aryl methyl sites for hydroxylation is 1. The fourth-order valence-corrected chi connectivity index (χ4v) is 3.16. The van der Waals surface area contributed by atoms with Gasteiger partial charge in [-0.05, 0) is 44.4 Å². The maximum atomic E-state index is 10.1. The second kappa shape index (κ2) is 6.11. The zero-order valence-corrected chi connectivity index (χ0v) is 15.6. The summed E-state index contributed by atoms with van der Waals surface area (Å²) in [6, 6.07) is 7.72.